The SMILES string of the molecule is c1cc(-c2cccc3ccccc23)cc(-n2c3ccccc3c3cc(-c4cccc5c4sc4ccccc45)ccc32)c1. The molecule has 0 fully saturated rings. The number of thiophene rings is 1. The molecule has 0 spiro atoms. The van der Waals surface area contributed by atoms with E-state index in [0.717, 1.165) is 0 Å². The fourth-order valence-electron chi connectivity index (χ4n) is 6.68. The first-order valence-corrected chi connectivity index (χ1v) is 15.2. The highest BCUT2D eigenvalue weighted by molar-refractivity contribution is 7.26. The van der Waals surface area contributed by atoms with Gasteiger partial charge in [0.2, 0.25) is 0 Å². The molecule has 0 aliphatic heterocycles. The molecule has 2 heteroatoms. The molecule has 0 saturated carbocycles. The molecule has 0 unspecified atom stereocenters. The highest BCUT2D eigenvalue weighted by Crippen LogP contribution is 2.42. The van der Waals surface area contributed by atoms with E-state index in [9.17, 15) is 0 Å². The number of nitrogens with zero attached hydrogens (tertiary/aromatic N) is 1. The molecule has 1 nitrogen and oxygen atoms in total. The lowest BCUT2D eigenvalue weighted by molar-refractivity contribution is 1.18. The molecule has 0 saturated heterocycles. The molecule has 42 heavy (non-hydrogen) atoms. The van der Waals surface area contributed by atoms with Crippen LogP contribution in [0.2, 0.25) is 0 Å². The van der Waals surface area contributed by atoms with Gasteiger partial charge in [-0.1, -0.05) is 115 Å². The Bertz CT molecular complexity index is 2470. The van der Waals surface area contributed by atoms with E-state index in [1.54, 1.807) is 0 Å². The standard InChI is InChI=1S/C40H25NS/c1-2-14-30-26(10-1)11-8-17-31(30)27-12-7-13-29(24-27)41-37-20-5-3-15-33(37)36-25-28(22-23-38(36)41)32-18-9-19-35-34-16-4-6-21-39(34)42-40(32)35/h1-25H. The van der Waals surface area contributed by atoms with Gasteiger partial charge in [-0.05, 0) is 69.4 Å². The van der Waals surface area contributed by atoms with E-state index >= 15 is 0 Å². The molecule has 7 aromatic carbocycles. The van der Waals surface area contributed by atoms with Gasteiger partial charge in [0.05, 0.1) is 11.0 Å². The summed E-state index contributed by atoms with van der Waals surface area (Å²) in [6.45, 7) is 0. The van der Waals surface area contributed by atoms with Gasteiger partial charge in [-0.3, -0.25) is 0 Å². The van der Waals surface area contributed by atoms with Gasteiger partial charge >= 0.3 is 0 Å². The number of benzene rings is 7. The van der Waals surface area contributed by atoms with Gasteiger partial charge in [-0.15, -0.1) is 11.3 Å². The van der Waals surface area contributed by atoms with Crippen LogP contribution in [0.25, 0.3) is 80.7 Å². The minimum Gasteiger partial charge on any atom is -0.309 e. The topological polar surface area (TPSA) is 4.93 Å². The number of aromatic nitrogens is 1. The molecule has 9 aromatic rings. The van der Waals surface area contributed by atoms with Gasteiger partial charge in [0.25, 0.3) is 0 Å². The molecule has 0 amide bonds. The summed E-state index contributed by atoms with van der Waals surface area (Å²) in [6, 6.07) is 55.4. The van der Waals surface area contributed by atoms with Crippen molar-refractivity contribution in [2.45, 2.75) is 0 Å². The molecular weight excluding hydrogens is 527 g/mol. The van der Waals surface area contributed by atoms with Crippen molar-refractivity contribution in [2.24, 2.45) is 0 Å². The molecule has 0 aliphatic rings. The molecule has 9 rings (SSSR count). The quantitative estimate of drug-likeness (QED) is 0.206. The van der Waals surface area contributed by atoms with Crippen molar-refractivity contribution >= 4 is 64.1 Å². The van der Waals surface area contributed by atoms with Crippen molar-refractivity contribution < 1.29 is 0 Å². The fourth-order valence-corrected chi connectivity index (χ4v) is 7.92. The predicted molar refractivity (Wildman–Crippen MR) is 182 cm³/mol. The van der Waals surface area contributed by atoms with Gasteiger partial charge in [0, 0.05) is 36.6 Å². The molecule has 196 valence electrons. The summed E-state index contributed by atoms with van der Waals surface area (Å²) in [5.41, 5.74) is 8.65. The van der Waals surface area contributed by atoms with Gasteiger partial charge in [0.1, 0.15) is 0 Å². The third-order valence-corrected chi connectivity index (χ3v) is 9.81. The zero-order valence-corrected chi connectivity index (χ0v) is 23.6. The normalized spacial score (nSPS) is 11.8. The summed E-state index contributed by atoms with van der Waals surface area (Å²) < 4.78 is 5.11. The Labute approximate surface area is 247 Å². The molecule has 2 aromatic heterocycles. The van der Waals surface area contributed by atoms with Crippen LogP contribution in [0.15, 0.2) is 152 Å². The van der Waals surface area contributed by atoms with Crippen LogP contribution in [0.1, 0.15) is 0 Å². The average Bonchev–Trinajstić information content (AvgIpc) is 3.60. The number of rotatable bonds is 3. The molecule has 0 aliphatic carbocycles. The monoisotopic (exact) mass is 551 g/mol. The van der Waals surface area contributed by atoms with Gasteiger partial charge < -0.3 is 4.57 Å². The zero-order valence-electron chi connectivity index (χ0n) is 22.8. The van der Waals surface area contributed by atoms with Gasteiger partial charge in [0.15, 0.2) is 0 Å². The molecule has 0 radical (unpaired) electrons. The molecule has 0 bridgehead atoms. The minimum atomic E-state index is 1.17. The third-order valence-electron chi connectivity index (χ3n) is 8.59. The summed E-state index contributed by atoms with van der Waals surface area (Å²) >= 11 is 1.89. The predicted octanol–water partition coefficient (Wildman–Crippen LogP) is 11.6. The van der Waals surface area contributed by atoms with Crippen LogP contribution in [-0.2, 0) is 0 Å². The molecule has 0 atom stereocenters. The number of hydrogen-bond donors (Lipinski definition) is 0. The van der Waals surface area contributed by atoms with Crippen LogP contribution >= 0.6 is 11.3 Å². The maximum absolute atomic E-state index is 2.42. The zero-order chi connectivity index (χ0) is 27.6. The van der Waals surface area contributed by atoms with Crippen molar-refractivity contribution in [3.05, 3.63) is 152 Å². The summed E-state index contributed by atoms with van der Waals surface area (Å²) in [5, 5.41) is 7.76. The van der Waals surface area contributed by atoms with Crippen LogP contribution in [0.3, 0.4) is 0 Å². The first kappa shape index (κ1) is 23.5. The van der Waals surface area contributed by atoms with Crippen LogP contribution in [0.5, 0.6) is 0 Å². The summed E-state index contributed by atoms with van der Waals surface area (Å²) in [5.74, 6) is 0. The summed E-state index contributed by atoms with van der Waals surface area (Å²) in [6.07, 6.45) is 0. The maximum atomic E-state index is 2.42. The lowest BCUT2D eigenvalue weighted by Gasteiger charge is -2.12. The van der Waals surface area contributed by atoms with E-state index in [-0.39, 0.29) is 0 Å². The molecule has 0 N–H and O–H groups in total. The lowest BCUT2D eigenvalue weighted by atomic mass is 9.98. The Morgan fingerprint density at radius 2 is 1.07 bits per heavy atom. The number of fused-ring (bicyclic) bond motifs is 7. The van der Waals surface area contributed by atoms with Crippen LogP contribution < -0.4 is 0 Å². The number of hydrogen-bond acceptors (Lipinski definition) is 1. The van der Waals surface area contributed by atoms with E-state index in [1.165, 1.54) is 80.7 Å². The van der Waals surface area contributed by atoms with E-state index < -0.39 is 0 Å². The first-order valence-electron chi connectivity index (χ1n) is 14.4. The Kier molecular flexibility index (Phi) is 5.13. The Hall–Kier alpha value is -5.18. The second kappa shape index (κ2) is 9.17. The molecular formula is C40H25NS. The smallest absolute Gasteiger partial charge is 0.0541 e. The Balaban J connectivity index is 1.26. The Morgan fingerprint density at radius 1 is 0.405 bits per heavy atom. The first-order chi connectivity index (χ1) is 20.8. The molecule has 2 heterocycles. The van der Waals surface area contributed by atoms with Gasteiger partial charge in [-0.2, -0.15) is 0 Å². The Morgan fingerprint density at radius 3 is 2.02 bits per heavy atom. The van der Waals surface area contributed by atoms with Crippen LogP contribution in [-0.4, -0.2) is 4.57 Å². The summed E-state index contributed by atoms with van der Waals surface area (Å²) in [4.78, 5) is 0. The van der Waals surface area contributed by atoms with Crippen molar-refractivity contribution in [1.82, 2.24) is 4.57 Å². The van der Waals surface area contributed by atoms with Crippen molar-refractivity contribution in [3.63, 3.8) is 0 Å². The third kappa shape index (κ3) is 3.49. The second-order valence-corrected chi connectivity index (χ2v) is 12.0. The van der Waals surface area contributed by atoms with E-state index in [2.05, 4.69) is 156 Å². The van der Waals surface area contributed by atoms with Crippen LogP contribution in [0.4, 0.5) is 0 Å². The van der Waals surface area contributed by atoms with E-state index in [4.69, 9.17) is 0 Å². The van der Waals surface area contributed by atoms with Gasteiger partial charge in [-0.25, -0.2) is 0 Å². The largest absolute Gasteiger partial charge is 0.309 e. The minimum absolute atomic E-state index is 1.17. The van der Waals surface area contributed by atoms with Crippen molar-refractivity contribution in [1.29, 1.82) is 0 Å². The summed E-state index contributed by atoms with van der Waals surface area (Å²) in [7, 11) is 0. The lowest BCUT2D eigenvalue weighted by Crippen LogP contribution is -1.94. The van der Waals surface area contributed by atoms with Crippen molar-refractivity contribution in [2.75, 3.05) is 0 Å². The van der Waals surface area contributed by atoms with E-state index in [1.807, 2.05) is 11.3 Å². The second-order valence-electron chi connectivity index (χ2n) is 10.9. The average molecular weight is 552 g/mol. The van der Waals surface area contributed by atoms with E-state index in [0.29, 0.717) is 0 Å². The highest BCUT2D eigenvalue weighted by Gasteiger charge is 2.16. The fraction of sp³-hybridized carbons (Fsp3) is 0. The number of para-hydroxylation sites is 1. The van der Waals surface area contributed by atoms with Crippen LogP contribution in [0, 0.1) is 0 Å². The highest BCUT2D eigenvalue weighted by atomic mass is 32.1. The maximum Gasteiger partial charge on any atom is 0.0541 e. The van der Waals surface area contributed by atoms with Crippen molar-refractivity contribution in [3.8, 4) is 27.9 Å².